The van der Waals surface area contributed by atoms with E-state index in [0.717, 1.165) is 53.5 Å². The van der Waals surface area contributed by atoms with Crippen molar-refractivity contribution < 1.29 is 0 Å². The highest BCUT2D eigenvalue weighted by atomic mass is 16.1. The van der Waals surface area contributed by atoms with Crippen LogP contribution in [0.25, 0.3) is 10.9 Å². The quantitative estimate of drug-likeness (QED) is 0.468. The number of fused-ring (bicyclic) bond motifs is 1. The molecule has 0 radical (unpaired) electrons. The van der Waals surface area contributed by atoms with Crippen LogP contribution in [0.15, 0.2) is 23.0 Å². The van der Waals surface area contributed by atoms with Crippen LogP contribution in [0.2, 0.25) is 0 Å². The maximum absolute atomic E-state index is 13.3. The molecule has 188 valence electrons. The van der Waals surface area contributed by atoms with E-state index in [9.17, 15) is 4.79 Å². The number of nitrogens with one attached hydrogen (secondary N) is 1. The topological polar surface area (TPSA) is 79.7 Å². The Hall–Kier alpha value is -2.54. The van der Waals surface area contributed by atoms with Crippen LogP contribution in [-0.2, 0) is 6.54 Å². The molecule has 1 atom stereocenters. The van der Waals surface area contributed by atoms with Gasteiger partial charge in [-0.3, -0.25) is 9.69 Å². The third-order valence-electron chi connectivity index (χ3n) is 8.47. The summed E-state index contributed by atoms with van der Waals surface area (Å²) >= 11 is 0. The van der Waals surface area contributed by atoms with Crippen LogP contribution in [0.1, 0.15) is 106 Å². The van der Waals surface area contributed by atoms with E-state index >= 15 is 0 Å². The lowest BCUT2D eigenvalue weighted by Crippen LogP contribution is -2.41. The number of rotatable bonds is 7. The van der Waals surface area contributed by atoms with E-state index < -0.39 is 0 Å². The molecule has 0 amide bonds. The normalized spacial score (nSPS) is 18.8. The van der Waals surface area contributed by atoms with E-state index in [1.54, 1.807) is 0 Å². The van der Waals surface area contributed by atoms with Crippen molar-refractivity contribution in [1.82, 2.24) is 30.1 Å². The van der Waals surface area contributed by atoms with Gasteiger partial charge >= 0.3 is 0 Å². The summed E-state index contributed by atoms with van der Waals surface area (Å²) in [6, 6.07) is 7.27. The van der Waals surface area contributed by atoms with E-state index in [4.69, 9.17) is 0 Å². The summed E-state index contributed by atoms with van der Waals surface area (Å²) in [6.07, 6.45) is 10.9. The zero-order valence-electron chi connectivity index (χ0n) is 21.8. The Morgan fingerprint density at radius 2 is 1.77 bits per heavy atom. The first-order valence-electron chi connectivity index (χ1n) is 13.6. The van der Waals surface area contributed by atoms with Gasteiger partial charge in [0.05, 0.1) is 17.6 Å². The number of H-pyrrole nitrogens is 1. The van der Waals surface area contributed by atoms with Crippen molar-refractivity contribution in [3.63, 3.8) is 0 Å². The van der Waals surface area contributed by atoms with E-state index in [-0.39, 0.29) is 11.6 Å². The van der Waals surface area contributed by atoms with Crippen molar-refractivity contribution in [2.45, 2.75) is 110 Å². The van der Waals surface area contributed by atoms with Crippen molar-refractivity contribution >= 4 is 10.9 Å². The molecule has 2 fully saturated rings. The lowest BCUT2D eigenvalue weighted by atomic mass is 9.94. The molecule has 0 unspecified atom stereocenters. The number of aromatic nitrogens is 5. The molecule has 35 heavy (non-hydrogen) atoms. The Kier molecular flexibility index (Phi) is 7.05. The first kappa shape index (κ1) is 24.2. The fourth-order valence-electron chi connectivity index (χ4n) is 6.39. The van der Waals surface area contributed by atoms with Gasteiger partial charge in [0, 0.05) is 18.2 Å². The van der Waals surface area contributed by atoms with Crippen LogP contribution in [0, 0.1) is 19.8 Å². The van der Waals surface area contributed by atoms with Crippen LogP contribution < -0.4 is 5.56 Å². The zero-order chi connectivity index (χ0) is 24.5. The number of aryl methyl sites for hydroxylation is 2. The van der Waals surface area contributed by atoms with Gasteiger partial charge in [0.2, 0.25) is 0 Å². The second-order valence-corrected chi connectivity index (χ2v) is 11.2. The lowest BCUT2D eigenvalue weighted by Gasteiger charge is -2.38. The predicted octanol–water partition coefficient (Wildman–Crippen LogP) is 5.78. The number of pyridine rings is 1. The molecule has 3 aromatic rings. The van der Waals surface area contributed by atoms with E-state index in [1.165, 1.54) is 37.7 Å². The smallest absolute Gasteiger partial charge is 0.252 e. The molecule has 1 N–H and O–H groups in total. The van der Waals surface area contributed by atoms with Gasteiger partial charge in [-0.05, 0) is 78.5 Å². The Morgan fingerprint density at radius 3 is 2.49 bits per heavy atom. The highest BCUT2D eigenvalue weighted by Gasteiger charge is 2.36. The number of tetrazole rings is 1. The third kappa shape index (κ3) is 4.80. The number of nitrogens with zero attached hydrogens (tertiary/aromatic N) is 5. The SMILES string of the molecule is Cc1ccc2cc(CN(C3CCCC3)[C@@H](c3nnnn3C3CCCCC3)C(C)C)c(=O)[nH]c2c1C. The minimum atomic E-state index is 0.0172. The second kappa shape index (κ2) is 10.2. The molecule has 0 aliphatic heterocycles. The Bertz CT molecular complexity index is 1220. The fourth-order valence-corrected chi connectivity index (χ4v) is 6.39. The molecule has 1 aromatic carbocycles. The summed E-state index contributed by atoms with van der Waals surface area (Å²) < 4.78 is 2.13. The number of aromatic amines is 1. The van der Waals surface area contributed by atoms with Crippen LogP contribution >= 0.6 is 0 Å². The van der Waals surface area contributed by atoms with Crippen molar-refractivity contribution in [3.8, 4) is 0 Å². The molecule has 2 aliphatic rings. The molecule has 0 spiro atoms. The van der Waals surface area contributed by atoms with E-state index in [1.807, 2.05) is 0 Å². The fraction of sp³-hybridized carbons (Fsp3) is 0.643. The molecule has 2 aliphatic carbocycles. The van der Waals surface area contributed by atoms with Gasteiger partial charge in [0.15, 0.2) is 5.82 Å². The van der Waals surface area contributed by atoms with Crippen molar-refractivity contribution in [1.29, 1.82) is 0 Å². The predicted molar refractivity (Wildman–Crippen MR) is 139 cm³/mol. The van der Waals surface area contributed by atoms with Crippen LogP contribution in [0.5, 0.6) is 0 Å². The van der Waals surface area contributed by atoms with Crippen LogP contribution in [0.4, 0.5) is 0 Å². The van der Waals surface area contributed by atoms with Gasteiger partial charge in [0.25, 0.3) is 5.56 Å². The van der Waals surface area contributed by atoms with Crippen molar-refractivity contribution in [2.75, 3.05) is 0 Å². The van der Waals surface area contributed by atoms with Crippen LogP contribution in [-0.4, -0.2) is 36.1 Å². The molecule has 2 aromatic heterocycles. The number of benzene rings is 1. The molecular formula is C28H40N6O. The van der Waals surface area contributed by atoms with Gasteiger partial charge in [-0.15, -0.1) is 5.10 Å². The van der Waals surface area contributed by atoms with Crippen molar-refractivity contribution in [3.05, 3.63) is 51.1 Å². The van der Waals surface area contributed by atoms with Gasteiger partial charge in [-0.25, -0.2) is 4.68 Å². The summed E-state index contributed by atoms with van der Waals surface area (Å²) in [5.41, 5.74) is 4.14. The second-order valence-electron chi connectivity index (χ2n) is 11.2. The molecule has 7 heteroatoms. The average molecular weight is 477 g/mol. The number of hydrogen-bond donors (Lipinski definition) is 1. The van der Waals surface area contributed by atoms with Crippen LogP contribution in [0.3, 0.4) is 0 Å². The first-order valence-corrected chi connectivity index (χ1v) is 13.6. The largest absolute Gasteiger partial charge is 0.321 e. The summed E-state index contributed by atoms with van der Waals surface area (Å²) in [7, 11) is 0. The Balaban J connectivity index is 1.54. The average Bonchev–Trinajstić information content (AvgIpc) is 3.55. The standard InChI is InChI=1S/C28H40N6O/c1-18(2)26(27-30-31-32-34(27)24-12-6-5-7-13-24)33(23-10-8-9-11-23)17-22-16-21-15-14-19(3)20(4)25(21)29-28(22)35/h14-16,18,23-24,26H,5-13,17H2,1-4H3,(H,29,35)/t26-/m1/s1. The van der Waals surface area contributed by atoms with Gasteiger partial charge < -0.3 is 4.98 Å². The molecular weight excluding hydrogens is 436 g/mol. The maximum Gasteiger partial charge on any atom is 0.252 e. The molecule has 2 saturated carbocycles. The summed E-state index contributed by atoms with van der Waals surface area (Å²) in [5, 5.41) is 14.4. The maximum atomic E-state index is 13.3. The van der Waals surface area contributed by atoms with Gasteiger partial charge in [0.1, 0.15) is 0 Å². The van der Waals surface area contributed by atoms with Gasteiger partial charge in [-0.2, -0.15) is 0 Å². The molecule has 7 nitrogen and oxygen atoms in total. The van der Waals surface area contributed by atoms with Crippen molar-refractivity contribution in [2.24, 2.45) is 5.92 Å². The minimum absolute atomic E-state index is 0.0172. The van der Waals surface area contributed by atoms with E-state index in [2.05, 4.69) is 76.0 Å². The summed E-state index contributed by atoms with van der Waals surface area (Å²) in [6.45, 7) is 9.32. The highest BCUT2D eigenvalue weighted by molar-refractivity contribution is 5.83. The number of hydrogen-bond acceptors (Lipinski definition) is 5. The minimum Gasteiger partial charge on any atom is -0.321 e. The molecule has 0 bridgehead atoms. The Labute approximate surface area is 208 Å². The van der Waals surface area contributed by atoms with Gasteiger partial charge in [-0.1, -0.05) is 58.1 Å². The monoisotopic (exact) mass is 476 g/mol. The summed E-state index contributed by atoms with van der Waals surface area (Å²) in [5.74, 6) is 1.30. The first-order chi connectivity index (χ1) is 16.9. The highest BCUT2D eigenvalue weighted by Crippen LogP contribution is 2.38. The molecule has 0 saturated heterocycles. The molecule has 5 rings (SSSR count). The Morgan fingerprint density at radius 1 is 1.06 bits per heavy atom. The van der Waals surface area contributed by atoms with E-state index in [0.29, 0.717) is 24.5 Å². The lowest BCUT2D eigenvalue weighted by molar-refractivity contribution is 0.0815. The summed E-state index contributed by atoms with van der Waals surface area (Å²) in [4.78, 5) is 19.1. The third-order valence-corrected chi connectivity index (χ3v) is 8.47. The zero-order valence-corrected chi connectivity index (χ0v) is 21.8. The molecule has 2 heterocycles.